The molecule has 0 saturated heterocycles. The van der Waals surface area contributed by atoms with Crippen LogP contribution in [0.1, 0.15) is 19.8 Å². The maximum Gasteiger partial charge on any atom is 0.316 e. The van der Waals surface area contributed by atoms with Gasteiger partial charge >= 0.3 is 5.97 Å². The number of esters is 1. The summed E-state index contributed by atoms with van der Waals surface area (Å²) < 4.78 is 10.6. The summed E-state index contributed by atoms with van der Waals surface area (Å²) >= 11 is 1.19. The van der Waals surface area contributed by atoms with E-state index >= 15 is 0 Å². The van der Waals surface area contributed by atoms with Gasteiger partial charge in [-0.25, -0.2) is 0 Å². The fraction of sp³-hybridized carbons (Fsp3) is 0.438. The number of nitrogens with zero attached hydrogens (tertiary/aromatic N) is 3. The molecular weight excluding hydrogens is 314 g/mol. The minimum Gasteiger partial charge on any atom is -0.465 e. The van der Waals surface area contributed by atoms with Crippen LogP contribution in [0.3, 0.4) is 0 Å². The molecule has 6 nitrogen and oxygen atoms in total. The molecule has 0 N–H and O–H groups in total. The van der Waals surface area contributed by atoms with Gasteiger partial charge in [0.05, 0.1) is 6.61 Å². The van der Waals surface area contributed by atoms with Gasteiger partial charge in [0.25, 0.3) is 5.22 Å². The van der Waals surface area contributed by atoms with Crippen molar-refractivity contribution < 1.29 is 13.9 Å². The van der Waals surface area contributed by atoms with Crippen LogP contribution in [0.4, 0.5) is 5.69 Å². The standard InChI is InChI=1S/C16H21N3O3S/c1-4-5-10-21-14(20)11-23-16-18-17-15(22-16)12-6-8-13(9-7-12)19(2)3/h6-9H,4-5,10-11H2,1-3H3. The Hall–Kier alpha value is -2.02. The summed E-state index contributed by atoms with van der Waals surface area (Å²) in [5.74, 6) is 0.348. The van der Waals surface area contributed by atoms with Crippen LogP contribution in [0.25, 0.3) is 11.5 Å². The number of hydrogen-bond donors (Lipinski definition) is 0. The second-order valence-corrected chi connectivity index (χ2v) is 6.10. The van der Waals surface area contributed by atoms with Gasteiger partial charge in [-0.2, -0.15) is 0 Å². The van der Waals surface area contributed by atoms with Gasteiger partial charge in [-0.3, -0.25) is 4.79 Å². The van der Waals surface area contributed by atoms with Gasteiger partial charge in [-0.1, -0.05) is 25.1 Å². The summed E-state index contributed by atoms with van der Waals surface area (Å²) in [6.45, 7) is 2.51. The first-order valence-electron chi connectivity index (χ1n) is 7.50. The van der Waals surface area contributed by atoms with E-state index in [9.17, 15) is 4.79 Å². The van der Waals surface area contributed by atoms with Crippen molar-refractivity contribution in [3.8, 4) is 11.5 Å². The van der Waals surface area contributed by atoms with Crippen molar-refractivity contribution in [1.82, 2.24) is 10.2 Å². The molecule has 1 aromatic carbocycles. The van der Waals surface area contributed by atoms with E-state index in [0.717, 1.165) is 24.1 Å². The molecule has 1 aromatic heterocycles. The number of ether oxygens (including phenoxy) is 1. The zero-order valence-corrected chi connectivity index (χ0v) is 14.4. The molecule has 7 heteroatoms. The Bertz CT molecular complexity index is 626. The van der Waals surface area contributed by atoms with E-state index < -0.39 is 0 Å². The lowest BCUT2D eigenvalue weighted by atomic mass is 10.2. The van der Waals surface area contributed by atoms with Crippen molar-refractivity contribution in [2.24, 2.45) is 0 Å². The van der Waals surface area contributed by atoms with Crippen LogP contribution in [0.2, 0.25) is 0 Å². The van der Waals surface area contributed by atoms with E-state index in [-0.39, 0.29) is 11.7 Å². The summed E-state index contributed by atoms with van der Waals surface area (Å²) in [5.41, 5.74) is 1.94. The SMILES string of the molecule is CCCCOC(=O)CSc1nnc(-c2ccc(N(C)C)cc2)o1. The first-order valence-corrected chi connectivity index (χ1v) is 8.48. The molecule has 124 valence electrons. The summed E-state index contributed by atoms with van der Waals surface area (Å²) in [5, 5.41) is 8.32. The van der Waals surface area contributed by atoms with Gasteiger partial charge in [0, 0.05) is 25.3 Å². The Labute approximate surface area is 140 Å². The highest BCUT2D eigenvalue weighted by Gasteiger charge is 2.12. The third-order valence-corrected chi connectivity index (χ3v) is 3.90. The molecule has 0 saturated carbocycles. The number of rotatable bonds is 8. The molecule has 0 amide bonds. The summed E-state index contributed by atoms with van der Waals surface area (Å²) in [6, 6.07) is 7.82. The van der Waals surface area contributed by atoms with Crippen LogP contribution in [0, 0.1) is 0 Å². The Morgan fingerprint density at radius 1 is 1.26 bits per heavy atom. The number of aromatic nitrogens is 2. The molecule has 0 aliphatic rings. The Morgan fingerprint density at radius 3 is 2.65 bits per heavy atom. The zero-order chi connectivity index (χ0) is 16.7. The molecule has 0 fully saturated rings. The Morgan fingerprint density at radius 2 is 2.00 bits per heavy atom. The summed E-state index contributed by atoms with van der Waals surface area (Å²) in [4.78, 5) is 13.5. The molecule has 2 rings (SSSR count). The van der Waals surface area contributed by atoms with Crippen LogP contribution in [-0.2, 0) is 9.53 Å². The number of carbonyl (C=O) groups is 1. The molecule has 2 aromatic rings. The fourth-order valence-electron chi connectivity index (χ4n) is 1.78. The number of carbonyl (C=O) groups excluding carboxylic acids is 1. The third kappa shape index (κ3) is 5.28. The minimum atomic E-state index is -0.265. The molecule has 1 heterocycles. The van der Waals surface area contributed by atoms with Gasteiger partial charge in [0.1, 0.15) is 5.75 Å². The average molecular weight is 335 g/mol. The maximum absolute atomic E-state index is 11.5. The summed E-state index contributed by atoms with van der Waals surface area (Å²) in [7, 11) is 3.96. The largest absolute Gasteiger partial charge is 0.465 e. The molecule has 0 bridgehead atoms. The van der Waals surface area contributed by atoms with E-state index in [1.54, 1.807) is 0 Å². The topological polar surface area (TPSA) is 68.5 Å². The van der Waals surface area contributed by atoms with Gasteiger partial charge in [-0.05, 0) is 30.7 Å². The number of benzene rings is 1. The van der Waals surface area contributed by atoms with Crippen molar-refractivity contribution in [2.45, 2.75) is 25.0 Å². The van der Waals surface area contributed by atoms with Crippen molar-refractivity contribution in [1.29, 1.82) is 0 Å². The highest BCUT2D eigenvalue weighted by atomic mass is 32.2. The van der Waals surface area contributed by atoms with Crippen LogP contribution in [-0.4, -0.2) is 42.6 Å². The van der Waals surface area contributed by atoms with E-state index in [4.69, 9.17) is 9.15 Å². The Balaban J connectivity index is 1.89. The minimum absolute atomic E-state index is 0.172. The van der Waals surface area contributed by atoms with Crippen LogP contribution in [0.15, 0.2) is 33.9 Å². The molecule has 0 unspecified atom stereocenters. The first-order chi connectivity index (χ1) is 11.1. The fourth-order valence-corrected chi connectivity index (χ4v) is 2.34. The van der Waals surface area contributed by atoms with Gasteiger partial charge in [-0.15, -0.1) is 10.2 Å². The Kier molecular flexibility index (Phi) is 6.46. The monoisotopic (exact) mass is 335 g/mol. The molecule has 0 spiro atoms. The quantitative estimate of drug-likeness (QED) is 0.417. The predicted molar refractivity (Wildman–Crippen MR) is 90.7 cm³/mol. The highest BCUT2D eigenvalue weighted by Crippen LogP contribution is 2.24. The van der Waals surface area contributed by atoms with Crippen molar-refractivity contribution in [3.05, 3.63) is 24.3 Å². The molecule has 0 aliphatic heterocycles. The van der Waals surface area contributed by atoms with Crippen LogP contribution >= 0.6 is 11.8 Å². The van der Waals surface area contributed by atoms with E-state index in [0.29, 0.717) is 17.7 Å². The maximum atomic E-state index is 11.5. The second-order valence-electron chi connectivity index (χ2n) is 5.18. The van der Waals surface area contributed by atoms with Crippen LogP contribution in [0.5, 0.6) is 0 Å². The molecular formula is C16H21N3O3S. The number of hydrogen-bond acceptors (Lipinski definition) is 7. The van der Waals surface area contributed by atoms with Crippen molar-refractivity contribution in [3.63, 3.8) is 0 Å². The van der Waals surface area contributed by atoms with Crippen molar-refractivity contribution >= 4 is 23.4 Å². The van der Waals surface area contributed by atoms with Gasteiger partial charge in [0.2, 0.25) is 5.89 Å². The second kappa shape index (κ2) is 8.57. The normalized spacial score (nSPS) is 10.6. The van der Waals surface area contributed by atoms with Gasteiger partial charge in [0.15, 0.2) is 0 Å². The molecule has 0 atom stereocenters. The predicted octanol–water partition coefficient (Wildman–Crippen LogP) is 3.24. The lowest BCUT2D eigenvalue weighted by Crippen LogP contribution is -2.08. The third-order valence-electron chi connectivity index (χ3n) is 3.11. The van der Waals surface area contributed by atoms with Crippen molar-refractivity contribution in [2.75, 3.05) is 31.4 Å². The van der Waals surface area contributed by atoms with E-state index in [2.05, 4.69) is 10.2 Å². The summed E-state index contributed by atoms with van der Waals surface area (Å²) in [6.07, 6.45) is 1.88. The lowest BCUT2D eigenvalue weighted by Gasteiger charge is -2.11. The van der Waals surface area contributed by atoms with E-state index in [1.165, 1.54) is 11.8 Å². The lowest BCUT2D eigenvalue weighted by molar-refractivity contribution is -0.140. The smallest absolute Gasteiger partial charge is 0.316 e. The number of thioether (sulfide) groups is 1. The highest BCUT2D eigenvalue weighted by molar-refractivity contribution is 7.99. The zero-order valence-electron chi connectivity index (χ0n) is 13.6. The van der Waals surface area contributed by atoms with E-state index in [1.807, 2.05) is 50.2 Å². The van der Waals surface area contributed by atoms with Crippen LogP contribution < -0.4 is 4.90 Å². The number of anilines is 1. The first kappa shape index (κ1) is 17.3. The molecule has 0 aliphatic carbocycles. The molecule has 23 heavy (non-hydrogen) atoms. The van der Waals surface area contributed by atoms with Gasteiger partial charge < -0.3 is 14.1 Å². The average Bonchev–Trinajstić information content (AvgIpc) is 3.02. The number of unbranched alkanes of at least 4 members (excludes halogenated alkanes) is 1. The molecule has 0 radical (unpaired) electrons.